The number of nitrogens with one attached hydrogen (secondary N) is 1. The topological polar surface area (TPSA) is 56.2 Å². The molecule has 1 amide bonds. The number of amides is 1. The van der Waals surface area contributed by atoms with Crippen LogP contribution in [0.15, 0.2) is 54.6 Å². The number of para-hydroxylation sites is 1. The van der Waals surface area contributed by atoms with Gasteiger partial charge >= 0.3 is 0 Å². The van der Waals surface area contributed by atoms with E-state index in [9.17, 15) is 4.79 Å². The molecule has 1 heterocycles. The van der Waals surface area contributed by atoms with Crippen LogP contribution in [0.2, 0.25) is 5.02 Å². The second kappa shape index (κ2) is 8.06. The molecule has 0 aliphatic rings. The van der Waals surface area contributed by atoms with E-state index in [1.165, 1.54) is 0 Å². The summed E-state index contributed by atoms with van der Waals surface area (Å²) in [6, 6.07) is 16.5. The van der Waals surface area contributed by atoms with Gasteiger partial charge in [-0.25, -0.2) is 0 Å². The number of aromatic nitrogens is 2. The van der Waals surface area contributed by atoms with Gasteiger partial charge in [0.05, 0.1) is 10.7 Å². The van der Waals surface area contributed by atoms with E-state index >= 15 is 0 Å². The van der Waals surface area contributed by atoms with Crippen molar-refractivity contribution in [1.29, 1.82) is 0 Å². The third-order valence-electron chi connectivity index (χ3n) is 3.86. The summed E-state index contributed by atoms with van der Waals surface area (Å²) in [6.07, 6.45) is 0.361. The molecule has 0 fully saturated rings. The number of ether oxygens (including phenoxy) is 1. The molecule has 26 heavy (non-hydrogen) atoms. The Balaban J connectivity index is 1.54. The highest BCUT2D eigenvalue weighted by Crippen LogP contribution is 2.29. The zero-order valence-electron chi connectivity index (χ0n) is 14.7. The Morgan fingerprint density at radius 1 is 1.15 bits per heavy atom. The van der Waals surface area contributed by atoms with Crippen LogP contribution < -0.4 is 10.1 Å². The maximum Gasteiger partial charge on any atom is 0.226 e. The summed E-state index contributed by atoms with van der Waals surface area (Å²) in [7, 11) is 0. The van der Waals surface area contributed by atoms with E-state index in [1.807, 2.05) is 36.7 Å². The van der Waals surface area contributed by atoms with Crippen molar-refractivity contribution in [2.45, 2.75) is 26.8 Å². The van der Waals surface area contributed by atoms with Crippen LogP contribution in [0, 0.1) is 13.8 Å². The molecule has 2 aromatic carbocycles. The van der Waals surface area contributed by atoms with Gasteiger partial charge in [0, 0.05) is 24.3 Å². The van der Waals surface area contributed by atoms with Crippen LogP contribution in [-0.2, 0) is 11.3 Å². The lowest BCUT2D eigenvalue weighted by molar-refractivity contribution is -0.116. The molecule has 1 N–H and O–H groups in total. The van der Waals surface area contributed by atoms with E-state index in [2.05, 4.69) is 10.4 Å². The van der Waals surface area contributed by atoms with Crippen molar-refractivity contribution in [3.8, 4) is 11.5 Å². The van der Waals surface area contributed by atoms with Crippen LogP contribution in [0.1, 0.15) is 17.8 Å². The van der Waals surface area contributed by atoms with Gasteiger partial charge in [-0.15, -0.1) is 0 Å². The number of halogens is 1. The van der Waals surface area contributed by atoms with Gasteiger partial charge in [0.1, 0.15) is 11.5 Å². The fourth-order valence-electron chi connectivity index (χ4n) is 2.59. The average Bonchev–Trinajstić information content (AvgIpc) is 2.94. The standard InChI is InChI=1S/C20H20ClN3O2/c1-14-13-15(2)24(23-14)12-11-20(25)22-16-7-9-17(10-8-16)26-19-6-4-3-5-18(19)21/h3-10,13H,11-12H2,1-2H3,(H,22,25). The highest BCUT2D eigenvalue weighted by atomic mass is 35.5. The smallest absolute Gasteiger partial charge is 0.226 e. The van der Waals surface area contributed by atoms with E-state index in [0.29, 0.717) is 29.5 Å². The summed E-state index contributed by atoms with van der Waals surface area (Å²) in [5.41, 5.74) is 2.73. The molecule has 3 rings (SSSR count). The molecule has 0 aliphatic heterocycles. The van der Waals surface area contributed by atoms with Crippen LogP contribution in [0.3, 0.4) is 0 Å². The largest absolute Gasteiger partial charge is 0.456 e. The highest BCUT2D eigenvalue weighted by molar-refractivity contribution is 6.32. The van der Waals surface area contributed by atoms with Gasteiger partial charge < -0.3 is 10.1 Å². The Kier molecular flexibility index (Phi) is 5.58. The second-order valence-electron chi connectivity index (χ2n) is 6.01. The molecule has 0 spiro atoms. The Morgan fingerprint density at radius 2 is 1.88 bits per heavy atom. The molecular weight excluding hydrogens is 350 g/mol. The Morgan fingerprint density at radius 3 is 2.54 bits per heavy atom. The molecule has 0 bridgehead atoms. The van der Waals surface area contributed by atoms with E-state index < -0.39 is 0 Å². The van der Waals surface area contributed by atoms with Crippen LogP contribution in [0.4, 0.5) is 5.69 Å². The first kappa shape index (κ1) is 18.0. The fourth-order valence-corrected chi connectivity index (χ4v) is 2.77. The van der Waals surface area contributed by atoms with Gasteiger partial charge in [0.2, 0.25) is 5.91 Å². The minimum atomic E-state index is -0.0580. The molecule has 0 aliphatic carbocycles. The number of aryl methyl sites for hydroxylation is 3. The summed E-state index contributed by atoms with van der Waals surface area (Å²) in [6.45, 7) is 4.48. The molecular formula is C20H20ClN3O2. The van der Waals surface area contributed by atoms with Gasteiger partial charge in [-0.1, -0.05) is 23.7 Å². The highest BCUT2D eigenvalue weighted by Gasteiger charge is 2.07. The monoisotopic (exact) mass is 369 g/mol. The first-order valence-electron chi connectivity index (χ1n) is 8.34. The fraction of sp³-hybridized carbons (Fsp3) is 0.200. The van der Waals surface area contributed by atoms with E-state index in [1.54, 1.807) is 36.4 Å². The third kappa shape index (κ3) is 4.64. The first-order valence-corrected chi connectivity index (χ1v) is 8.72. The van der Waals surface area contributed by atoms with Crippen molar-refractivity contribution in [2.24, 2.45) is 0 Å². The first-order chi connectivity index (χ1) is 12.5. The molecule has 0 radical (unpaired) electrons. The average molecular weight is 370 g/mol. The predicted octanol–water partition coefficient (Wildman–Crippen LogP) is 4.97. The molecule has 0 saturated carbocycles. The number of hydrogen-bond donors (Lipinski definition) is 1. The van der Waals surface area contributed by atoms with E-state index in [-0.39, 0.29) is 5.91 Å². The number of hydrogen-bond acceptors (Lipinski definition) is 3. The van der Waals surface area contributed by atoms with Crippen molar-refractivity contribution in [3.05, 3.63) is 71.0 Å². The molecule has 3 aromatic rings. The number of rotatable bonds is 6. The molecule has 1 aromatic heterocycles. The summed E-state index contributed by atoms with van der Waals surface area (Å²) >= 11 is 6.08. The summed E-state index contributed by atoms with van der Waals surface area (Å²) in [4.78, 5) is 12.1. The van der Waals surface area contributed by atoms with Crippen molar-refractivity contribution in [2.75, 3.05) is 5.32 Å². The lowest BCUT2D eigenvalue weighted by Gasteiger charge is -2.09. The normalized spacial score (nSPS) is 10.6. The molecule has 0 saturated heterocycles. The van der Waals surface area contributed by atoms with E-state index in [4.69, 9.17) is 16.3 Å². The van der Waals surface area contributed by atoms with Crippen LogP contribution in [-0.4, -0.2) is 15.7 Å². The van der Waals surface area contributed by atoms with Gasteiger partial charge in [0.25, 0.3) is 0 Å². The molecule has 134 valence electrons. The Labute approximate surface area is 157 Å². The molecule has 5 nitrogen and oxygen atoms in total. The minimum absolute atomic E-state index is 0.0580. The predicted molar refractivity (Wildman–Crippen MR) is 103 cm³/mol. The summed E-state index contributed by atoms with van der Waals surface area (Å²) < 4.78 is 7.58. The van der Waals surface area contributed by atoms with Crippen molar-refractivity contribution >= 4 is 23.2 Å². The molecule has 0 atom stereocenters. The summed E-state index contributed by atoms with van der Waals surface area (Å²) in [5, 5.41) is 7.79. The van der Waals surface area contributed by atoms with Gasteiger partial charge in [-0.2, -0.15) is 5.10 Å². The SMILES string of the molecule is Cc1cc(C)n(CCC(=O)Nc2ccc(Oc3ccccc3Cl)cc2)n1. The number of anilines is 1. The van der Waals surface area contributed by atoms with Gasteiger partial charge in [-0.3, -0.25) is 9.48 Å². The molecule has 6 heteroatoms. The molecule has 0 unspecified atom stereocenters. The van der Waals surface area contributed by atoms with Gasteiger partial charge in [0.15, 0.2) is 0 Å². The Hall–Kier alpha value is -2.79. The van der Waals surface area contributed by atoms with E-state index in [0.717, 1.165) is 17.1 Å². The lowest BCUT2D eigenvalue weighted by Crippen LogP contribution is -2.15. The Bertz CT molecular complexity index is 904. The zero-order valence-corrected chi connectivity index (χ0v) is 15.5. The quantitative estimate of drug-likeness (QED) is 0.667. The second-order valence-corrected chi connectivity index (χ2v) is 6.41. The minimum Gasteiger partial charge on any atom is -0.456 e. The third-order valence-corrected chi connectivity index (χ3v) is 4.17. The number of carbonyl (C=O) groups excluding carboxylic acids is 1. The zero-order chi connectivity index (χ0) is 18.5. The van der Waals surface area contributed by atoms with Gasteiger partial charge in [-0.05, 0) is 56.3 Å². The summed E-state index contributed by atoms with van der Waals surface area (Å²) in [5.74, 6) is 1.19. The maximum atomic E-state index is 12.1. The lowest BCUT2D eigenvalue weighted by atomic mass is 10.3. The van der Waals surface area contributed by atoms with Crippen molar-refractivity contribution in [1.82, 2.24) is 9.78 Å². The van der Waals surface area contributed by atoms with Crippen LogP contribution in [0.25, 0.3) is 0 Å². The van der Waals surface area contributed by atoms with Crippen LogP contribution >= 0.6 is 11.6 Å². The number of benzene rings is 2. The van der Waals surface area contributed by atoms with Crippen molar-refractivity contribution in [3.63, 3.8) is 0 Å². The maximum absolute atomic E-state index is 12.1. The van der Waals surface area contributed by atoms with Crippen LogP contribution in [0.5, 0.6) is 11.5 Å². The van der Waals surface area contributed by atoms with Crippen molar-refractivity contribution < 1.29 is 9.53 Å². The number of carbonyl (C=O) groups is 1. The number of nitrogens with zero attached hydrogens (tertiary/aromatic N) is 2.